The van der Waals surface area contributed by atoms with E-state index in [4.69, 9.17) is 10.5 Å². The summed E-state index contributed by atoms with van der Waals surface area (Å²) >= 11 is 0. The highest BCUT2D eigenvalue weighted by atomic mass is 16.5. The highest BCUT2D eigenvalue weighted by Crippen LogP contribution is 2.52. The summed E-state index contributed by atoms with van der Waals surface area (Å²) in [5.74, 6) is -0.0991. The molecule has 0 heterocycles. The van der Waals surface area contributed by atoms with E-state index in [1.807, 2.05) is 13.8 Å². The summed E-state index contributed by atoms with van der Waals surface area (Å²) in [5.41, 5.74) is 5.43. The van der Waals surface area contributed by atoms with Crippen LogP contribution in [-0.2, 0) is 9.53 Å². The number of ether oxygens (including phenoxy) is 1. The summed E-state index contributed by atoms with van der Waals surface area (Å²) in [6.07, 6.45) is 1.74. The average molecular weight is 199 g/mol. The van der Waals surface area contributed by atoms with Gasteiger partial charge in [0.05, 0.1) is 12.0 Å². The van der Waals surface area contributed by atoms with Crippen molar-refractivity contribution in [3.63, 3.8) is 0 Å². The van der Waals surface area contributed by atoms with E-state index in [0.29, 0.717) is 6.61 Å². The Balaban J connectivity index is 2.89. The molecular weight excluding hydrogens is 178 g/mol. The van der Waals surface area contributed by atoms with Crippen molar-refractivity contribution < 1.29 is 9.53 Å². The fraction of sp³-hybridized carbons (Fsp3) is 0.909. The van der Waals surface area contributed by atoms with Crippen molar-refractivity contribution in [3.8, 4) is 0 Å². The van der Waals surface area contributed by atoms with Gasteiger partial charge < -0.3 is 10.5 Å². The zero-order chi connectivity index (χ0) is 11.0. The number of nitrogens with two attached hydrogens (primary N) is 1. The van der Waals surface area contributed by atoms with E-state index in [2.05, 4.69) is 13.8 Å². The molecule has 0 bridgehead atoms. The molecule has 0 aromatic rings. The molecule has 2 atom stereocenters. The molecule has 1 aliphatic rings. The molecule has 1 saturated carbocycles. The smallest absolute Gasteiger partial charge is 0.312 e. The van der Waals surface area contributed by atoms with Crippen LogP contribution in [0.3, 0.4) is 0 Å². The van der Waals surface area contributed by atoms with Gasteiger partial charge in [0, 0.05) is 6.04 Å². The molecule has 0 saturated heterocycles. The predicted octanol–water partition coefficient (Wildman–Crippen LogP) is 1.70. The van der Waals surface area contributed by atoms with Gasteiger partial charge in [-0.3, -0.25) is 4.79 Å². The summed E-state index contributed by atoms with van der Waals surface area (Å²) in [6, 6.07) is 0.0944. The predicted molar refractivity (Wildman–Crippen MR) is 55.7 cm³/mol. The third-order valence-electron chi connectivity index (χ3n) is 4.03. The Morgan fingerprint density at radius 1 is 1.50 bits per heavy atom. The molecule has 1 rings (SSSR count). The first kappa shape index (κ1) is 11.5. The Labute approximate surface area is 86.0 Å². The lowest BCUT2D eigenvalue weighted by molar-refractivity contribution is -0.160. The van der Waals surface area contributed by atoms with Crippen LogP contribution in [0, 0.1) is 10.8 Å². The second-order valence-corrected chi connectivity index (χ2v) is 4.92. The Bertz CT molecular complexity index is 237. The summed E-state index contributed by atoms with van der Waals surface area (Å²) < 4.78 is 5.12. The maximum atomic E-state index is 11.9. The standard InChI is InChI=1S/C11H21NO2/c1-5-14-9(13)11(4)7-6-8(12)10(11,2)3/h8H,5-7,12H2,1-4H3/t8-,11-/m0/s1. The van der Waals surface area contributed by atoms with E-state index in [-0.39, 0.29) is 17.4 Å². The van der Waals surface area contributed by atoms with Crippen molar-refractivity contribution in [1.29, 1.82) is 0 Å². The highest BCUT2D eigenvalue weighted by Gasteiger charge is 2.55. The van der Waals surface area contributed by atoms with Gasteiger partial charge in [-0.05, 0) is 32.1 Å². The minimum Gasteiger partial charge on any atom is -0.466 e. The summed E-state index contributed by atoms with van der Waals surface area (Å²) in [7, 11) is 0. The molecule has 2 N–H and O–H groups in total. The van der Waals surface area contributed by atoms with Gasteiger partial charge >= 0.3 is 5.97 Å². The summed E-state index contributed by atoms with van der Waals surface area (Å²) in [4.78, 5) is 11.9. The van der Waals surface area contributed by atoms with Crippen molar-refractivity contribution in [1.82, 2.24) is 0 Å². The number of rotatable bonds is 2. The van der Waals surface area contributed by atoms with Crippen LogP contribution in [0.5, 0.6) is 0 Å². The van der Waals surface area contributed by atoms with Crippen LogP contribution in [0.2, 0.25) is 0 Å². The summed E-state index contributed by atoms with van der Waals surface area (Å²) in [6.45, 7) is 8.36. The third-order valence-corrected chi connectivity index (χ3v) is 4.03. The van der Waals surface area contributed by atoms with Gasteiger partial charge in [0.1, 0.15) is 0 Å². The number of carbonyl (C=O) groups excluding carboxylic acids is 1. The largest absolute Gasteiger partial charge is 0.466 e. The molecule has 0 radical (unpaired) electrons. The molecule has 1 aliphatic carbocycles. The Morgan fingerprint density at radius 3 is 2.43 bits per heavy atom. The first-order valence-electron chi connectivity index (χ1n) is 5.29. The number of hydrogen-bond donors (Lipinski definition) is 1. The maximum absolute atomic E-state index is 11.9. The second-order valence-electron chi connectivity index (χ2n) is 4.92. The van der Waals surface area contributed by atoms with E-state index in [0.717, 1.165) is 12.8 Å². The lowest BCUT2D eigenvalue weighted by Gasteiger charge is -2.38. The van der Waals surface area contributed by atoms with Crippen LogP contribution in [0.15, 0.2) is 0 Å². The molecular formula is C11H21NO2. The number of hydrogen-bond acceptors (Lipinski definition) is 3. The fourth-order valence-electron chi connectivity index (χ4n) is 2.19. The van der Waals surface area contributed by atoms with Gasteiger partial charge in [0.25, 0.3) is 0 Å². The molecule has 14 heavy (non-hydrogen) atoms. The van der Waals surface area contributed by atoms with Gasteiger partial charge in [-0.1, -0.05) is 13.8 Å². The zero-order valence-corrected chi connectivity index (χ0v) is 9.59. The number of carbonyl (C=O) groups is 1. The normalized spacial score (nSPS) is 35.6. The molecule has 82 valence electrons. The van der Waals surface area contributed by atoms with Gasteiger partial charge in [0.2, 0.25) is 0 Å². The Morgan fingerprint density at radius 2 is 2.07 bits per heavy atom. The average Bonchev–Trinajstić information content (AvgIpc) is 2.31. The fourth-order valence-corrected chi connectivity index (χ4v) is 2.19. The van der Waals surface area contributed by atoms with E-state index < -0.39 is 5.41 Å². The van der Waals surface area contributed by atoms with Crippen molar-refractivity contribution >= 4 is 5.97 Å². The SMILES string of the molecule is CCOC(=O)[C@]1(C)CC[C@H](N)C1(C)C. The highest BCUT2D eigenvalue weighted by molar-refractivity contribution is 5.78. The van der Waals surface area contributed by atoms with E-state index in [1.54, 1.807) is 0 Å². The van der Waals surface area contributed by atoms with Crippen LogP contribution in [0.1, 0.15) is 40.5 Å². The second kappa shape index (κ2) is 3.54. The van der Waals surface area contributed by atoms with Gasteiger partial charge in [0.15, 0.2) is 0 Å². The molecule has 0 amide bonds. The Kier molecular flexibility index (Phi) is 2.91. The van der Waals surface area contributed by atoms with E-state index in [9.17, 15) is 4.79 Å². The maximum Gasteiger partial charge on any atom is 0.312 e. The van der Waals surface area contributed by atoms with Gasteiger partial charge in [-0.2, -0.15) is 0 Å². The minimum absolute atomic E-state index is 0.0944. The van der Waals surface area contributed by atoms with E-state index in [1.165, 1.54) is 0 Å². The first-order chi connectivity index (χ1) is 6.36. The molecule has 0 aromatic heterocycles. The lowest BCUT2D eigenvalue weighted by Crippen LogP contribution is -2.46. The van der Waals surface area contributed by atoms with Crippen LogP contribution < -0.4 is 5.73 Å². The molecule has 3 nitrogen and oxygen atoms in total. The van der Waals surface area contributed by atoms with Crippen LogP contribution in [-0.4, -0.2) is 18.6 Å². The van der Waals surface area contributed by atoms with Gasteiger partial charge in [-0.25, -0.2) is 0 Å². The minimum atomic E-state index is -0.414. The summed E-state index contributed by atoms with van der Waals surface area (Å²) in [5, 5.41) is 0. The topological polar surface area (TPSA) is 52.3 Å². The Hall–Kier alpha value is -0.570. The molecule has 0 spiro atoms. The molecule has 0 aromatic carbocycles. The number of esters is 1. The third kappa shape index (κ3) is 1.44. The van der Waals surface area contributed by atoms with Crippen LogP contribution in [0.25, 0.3) is 0 Å². The molecule has 3 heteroatoms. The van der Waals surface area contributed by atoms with Crippen molar-refractivity contribution in [2.75, 3.05) is 6.61 Å². The van der Waals surface area contributed by atoms with Crippen molar-refractivity contribution in [2.45, 2.75) is 46.6 Å². The monoisotopic (exact) mass is 199 g/mol. The zero-order valence-electron chi connectivity index (χ0n) is 9.59. The van der Waals surface area contributed by atoms with Crippen LogP contribution >= 0.6 is 0 Å². The molecule has 0 aliphatic heterocycles. The molecule has 0 unspecified atom stereocenters. The quantitative estimate of drug-likeness (QED) is 0.689. The van der Waals surface area contributed by atoms with Crippen LogP contribution in [0.4, 0.5) is 0 Å². The van der Waals surface area contributed by atoms with E-state index >= 15 is 0 Å². The lowest BCUT2D eigenvalue weighted by atomic mass is 9.68. The van der Waals surface area contributed by atoms with Crippen molar-refractivity contribution in [2.24, 2.45) is 16.6 Å². The molecule has 1 fully saturated rings. The van der Waals surface area contributed by atoms with Crippen molar-refractivity contribution in [3.05, 3.63) is 0 Å². The van der Waals surface area contributed by atoms with Gasteiger partial charge in [-0.15, -0.1) is 0 Å². The first-order valence-corrected chi connectivity index (χ1v) is 5.29.